The number of benzene rings is 1. The van der Waals surface area contributed by atoms with Gasteiger partial charge in [-0.2, -0.15) is 0 Å². The van der Waals surface area contributed by atoms with Crippen LogP contribution in [0.1, 0.15) is 38.8 Å². The average molecular weight is 291 g/mol. The zero-order valence-electron chi connectivity index (χ0n) is 13.9. The number of rotatable bonds is 7. The van der Waals surface area contributed by atoms with Crippen molar-refractivity contribution in [2.75, 3.05) is 20.6 Å². The van der Waals surface area contributed by atoms with E-state index >= 15 is 0 Å². The second kappa shape index (κ2) is 8.67. The molecule has 2 N–H and O–H groups in total. The van der Waals surface area contributed by atoms with Gasteiger partial charge in [-0.3, -0.25) is 0 Å². The molecule has 4 nitrogen and oxygen atoms in total. The van der Waals surface area contributed by atoms with Crippen LogP contribution < -0.4 is 10.6 Å². The van der Waals surface area contributed by atoms with E-state index in [0.29, 0.717) is 5.92 Å². The third kappa shape index (κ3) is 7.14. The zero-order chi connectivity index (χ0) is 15.8. The largest absolute Gasteiger partial charge is 0.334 e. The molecule has 4 heteroatoms. The fourth-order valence-electron chi connectivity index (χ4n) is 2.44. The van der Waals surface area contributed by atoms with E-state index in [1.807, 2.05) is 51.4 Å². The highest BCUT2D eigenvalue weighted by Crippen LogP contribution is 2.11. The molecule has 0 aliphatic rings. The third-order valence-electron chi connectivity index (χ3n) is 3.32. The molecule has 0 aromatic heterocycles. The predicted octanol–water partition coefficient (Wildman–Crippen LogP) is 3.02. The van der Waals surface area contributed by atoms with Crippen molar-refractivity contribution in [3.05, 3.63) is 35.9 Å². The van der Waals surface area contributed by atoms with Crippen molar-refractivity contribution in [3.63, 3.8) is 0 Å². The van der Waals surface area contributed by atoms with Gasteiger partial charge in [0.05, 0.1) is 6.04 Å². The van der Waals surface area contributed by atoms with Crippen LogP contribution in [0.4, 0.5) is 4.79 Å². The first-order valence-corrected chi connectivity index (χ1v) is 7.65. The van der Waals surface area contributed by atoms with Crippen LogP contribution in [0, 0.1) is 5.92 Å². The van der Waals surface area contributed by atoms with Gasteiger partial charge in [-0.05, 0) is 38.9 Å². The summed E-state index contributed by atoms with van der Waals surface area (Å²) in [5.41, 5.74) is 1.11. The molecule has 21 heavy (non-hydrogen) atoms. The number of nitrogens with one attached hydrogen (secondary N) is 2. The molecule has 0 saturated carbocycles. The van der Waals surface area contributed by atoms with Gasteiger partial charge in [-0.25, -0.2) is 4.79 Å². The lowest BCUT2D eigenvalue weighted by Crippen LogP contribution is -2.47. The lowest BCUT2D eigenvalue weighted by molar-refractivity contribution is 0.226. The van der Waals surface area contributed by atoms with Crippen molar-refractivity contribution < 1.29 is 4.79 Å². The molecule has 2 atom stereocenters. The van der Waals surface area contributed by atoms with E-state index in [0.717, 1.165) is 18.5 Å². The average Bonchev–Trinajstić information content (AvgIpc) is 2.37. The Balaban J connectivity index is 2.53. The first kappa shape index (κ1) is 17.5. The summed E-state index contributed by atoms with van der Waals surface area (Å²) in [7, 11) is 4.05. The van der Waals surface area contributed by atoms with Gasteiger partial charge in [0.2, 0.25) is 0 Å². The van der Waals surface area contributed by atoms with E-state index < -0.39 is 0 Å². The maximum atomic E-state index is 12.2. The summed E-state index contributed by atoms with van der Waals surface area (Å²) in [6.45, 7) is 7.20. The van der Waals surface area contributed by atoms with Gasteiger partial charge in [0.15, 0.2) is 0 Å². The molecule has 0 heterocycles. The highest BCUT2D eigenvalue weighted by molar-refractivity contribution is 5.74. The maximum Gasteiger partial charge on any atom is 0.315 e. The van der Waals surface area contributed by atoms with Crippen LogP contribution in [0.3, 0.4) is 0 Å². The smallest absolute Gasteiger partial charge is 0.315 e. The number of hydrogen-bond donors (Lipinski definition) is 2. The first-order chi connectivity index (χ1) is 9.88. The fourth-order valence-corrected chi connectivity index (χ4v) is 2.44. The standard InChI is InChI=1S/C17H29N3O/c1-13(2)11-16(12-20(4)5)19-17(21)18-14(3)15-9-7-6-8-10-15/h6-10,13-14,16H,11-12H2,1-5H3,(H2,18,19,21). The lowest BCUT2D eigenvalue weighted by Gasteiger charge is -2.25. The van der Waals surface area contributed by atoms with Crippen molar-refractivity contribution in [3.8, 4) is 0 Å². The Labute approximate surface area is 128 Å². The minimum Gasteiger partial charge on any atom is -0.334 e. The Morgan fingerprint density at radius 2 is 1.71 bits per heavy atom. The number of likely N-dealkylation sites (N-methyl/N-ethyl adjacent to an activating group) is 1. The molecule has 0 fully saturated rings. The zero-order valence-corrected chi connectivity index (χ0v) is 13.9. The molecular formula is C17H29N3O. The van der Waals surface area contributed by atoms with Gasteiger partial charge in [-0.1, -0.05) is 44.2 Å². The van der Waals surface area contributed by atoms with E-state index in [9.17, 15) is 4.79 Å². The Kier molecular flexibility index (Phi) is 7.23. The van der Waals surface area contributed by atoms with Gasteiger partial charge >= 0.3 is 6.03 Å². The van der Waals surface area contributed by atoms with Crippen molar-refractivity contribution in [2.24, 2.45) is 5.92 Å². The molecule has 0 spiro atoms. The van der Waals surface area contributed by atoms with Crippen molar-refractivity contribution >= 4 is 6.03 Å². The van der Waals surface area contributed by atoms with E-state index in [-0.39, 0.29) is 18.1 Å². The molecule has 1 aromatic rings. The van der Waals surface area contributed by atoms with Crippen LogP contribution >= 0.6 is 0 Å². The summed E-state index contributed by atoms with van der Waals surface area (Å²) in [5.74, 6) is 0.557. The lowest BCUT2D eigenvalue weighted by atomic mass is 10.0. The van der Waals surface area contributed by atoms with E-state index in [1.54, 1.807) is 0 Å². The summed E-state index contributed by atoms with van der Waals surface area (Å²) >= 11 is 0. The molecule has 0 aliphatic heterocycles. The molecule has 0 saturated heterocycles. The molecule has 2 amide bonds. The van der Waals surface area contributed by atoms with Crippen LogP contribution in [-0.4, -0.2) is 37.6 Å². The van der Waals surface area contributed by atoms with Crippen molar-refractivity contribution in [2.45, 2.75) is 39.3 Å². The van der Waals surface area contributed by atoms with Crippen LogP contribution in [0.5, 0.6) is 0 Å². The van der Waals surface area contributed by atoms with E-state index in [2.05, 4.69) is 29.4 Å². The van der Waals surface area contributed by atoms with Crippen LogP contribution in [0.2, 0.25) is 0 Å². The molecule has 0 bridgehead atoms. The Bertz CT molecular complexity index is 407. The molecule has 1 aromatic carbocycles. The first-order valence-electron chi connectivity index (χ1n) is 7.65. The topological polar surface area (TPSA) is 44.4 Å². The number of carbonyl (C=O) groups is 1. The second-order valence-electron chi connectivity index (χ2n) is 6.34. The van der Waals surface area contributed by atoms with Crippen LogP contribution in [0.15, 0.2) is 30.3 Å². The SMILES string of the molecule is CC(C)CC(CN(C)C)NC(=O)NC(C)c1ccccc1. The van der Waals surface area contributed by atoms with E-state index in [1.165, 1.54) is 0 Å². The van der Waals surface area contributed by atoms with Gasteiger partial charge in [0.25, 0.3) is 0 Å². The monoisotopic (exact) mass is 291 g/mol. The number of carbonyl (C=O) groups excluding carboxylic acids is 1. The maximum absolute atomic E-state index is 12.2. The summed E-state index contributed by atoms with van der Waals surface area (Å²) in [6, 6.07) is 10.1. The highest BCUT2D eigenvalue weighted by Gasteiger charge is 2.16. The molecule has 118 valence electrons. The minimum atomic E-state index is -0.0983. The third-order valence-corrected chi connectivity index (χ3v) is 3.32. The summed E-state index contributed by atoms with van der Waals surface area (Å²) in [6.07, 6.45) is 0.977. The normalized spacial score (nSPS) is 14.0. The number of urea groups is 1. The van der Waals surface area contributed by atoms with Gasteiger partial charge in [0.1, 0.15) is 0 Å². The van der Waals surface area contributed by atoms with Gasteiger partial charge in [-0.15, -0.1) is 0 Å². The quantitative estimate of drug-likeness (QED) is 0.811. The Hall–Kier alpha value is -1.55. The van der Waals surface area contributed by atoms with Crippen LogP contribution in [-0.2, 0) is 0 Å². The number of amides is 2. The molecule has 0 radical (unpaired) electrons. The Morgan fingerprint density at radius 1 is 1.10 bits per heavy atom. The Morgan fingerprint density at radius 3 is 2.24 bits per heavy atom. The molecule has 0 aliphatic carbocycles. The van der Waals surface area contributed by atoms with Crippen molar-refractivity contribution in [1.29, 1.82) is 0 Å². The van der Waals surface area contributed by atoms with Gasteiger partial charge in [0, 0.05) is 12.6 Å². The van der Waals surface area contributed by atoms with Crippen LogP contribution in [0.25, 0.3) is 0 Å². The molecule has 2 unspecified atom stereocenters. The van der Waals surface area contributed by atoms with Gasteiger partial charge < -0.3 is 15.5 Å². The minimum absolute atomic E-state index is 0.00487. The number of hydrogen-bond acceptors (Lipinski definition) is 2. The predicted molar refractivity (Wildman–Crippen MR) is 88.3 cm³/mol. The van der Waals surface area contributed by atoms with Crippen molar-refractivity contribution in [1.82, 2.24) is 15.5 Å². The summed E-state index contributed by atoms with van der Waals surface area (Å²) < 4.78 is 0. The second-order valence-corrected chi connectivity index (χ2v) is 6.34. The molecular weight excluding hydrogens is 262 g/mol. The van der Waals surface area contributed by atoms with E-state index in [4.69, 9.17) is 0 Å². The number of nitrogens with zero attached hydrogens (tertiary/aromatic N) is 1. The highest BCUT2D eigenvalue weighted by atomic mass is 16.2. The molecule has 1 rings (SSSR count). The fraction of sp³-hybridized carbons (Fsp3) is 0.588. The summed E-state index contributed by atoms with van der Waals surface area (Å²) in [4.78, 5) is 14.3. The summed E-state index contributed by atoms with van der Waals surface area (Å²) in [5, 5.41) is 6.09.